The van der Waals surface area contributed by atoms with E-state index in [1.807, 2.05) is 18.2 Å². The molecule has 0 bridgehead atoms. The Morgan fingerprint density at radius 3 is 2.00 bits per heavy atom. The van der Waals surface area contributed by atoms with E-state index in [2.05, 4.69) is 52.7 Å². The zero-order chi connectivity index (χ0) is 26.2. The number of anilines is 1. The van der Waals surface area contributed by atoms with Crippen LogP contribution in [0, 0.1) is 0 Å². The third-order valence-electron chi connectivity index (χ3n) is 5.87. The Morgan fingerprint density at radius 2 is 1.45 bits per heavy atom. The Hall–Kier alpha value is -2.90. The lowest BCUT2D eigenvalue weighted by Crippen LogP contribution is -2.45. The largest absolute Gasteiger partial charge is 0.381 e. The van der Waals surface area contributed by atoms with Crippen molar-refractivity contribution in [2.75, 3.05) is 25.1 Å². The minimum absolute atomic E-state index is 0.122. The van der Waals surface area contributed by atoms with Gasteiger partial charge in [-0.15, -0.1) is 0 Å². The number of benzene rings is 1. The van der Waals surface area contributed by atoms with Gasteiger partial charge in [-0.3, -0.25) is 0 Å². The van der Waals surface area contributed by atoms with Crippen LogP contribution in [0.15, 0.2) is 87.6 Å². The van der Waals surface area contributed by atoms with Crippen LogP contribution in [0.4, 0.5) is 5.95 Å². The van der Waals surface area contributed by atoms with Crippen LogP contribution >= 0.6 is 47.3 Å². The maximum atomic E-state index is 6.14. The van der Waals surface area contributed by atoms with E-state index in [9.17, 15) is 0 Å². The van der Waals surface area contributed by atoms with Gasteiger partial charge in [-0.1, -0.05) is 23.7 Å². The number of nitrogens with zero attached hydrogens (tertiary/aromatic N) is 6. The van der Waals surface area contributed by atoms with Crippen LogP contribution < -0.4 is 10.6 Å². The summed E-state index contributed by atoms with van der Waals surface area (Å²) in [6.07, 6.45) is 8.51. The third kappa shape index (κ3) is 7.14. The second kappa shape index (κ2) is 12.8. The highest BCUT2D eigenvalue weighted by Crippen LogP contribution is 2.35. The van der Waals surface area contributed by atoms with Crippen LogP contribution in [0.5, 0.6) is 0 Å². The van der Waals surface area contributed by atoms with Gasteiger partial charge < -0.3 is 15.4 Å². The number of hydrogen-bond acceptors (Lipinski definition) is 10. The van der Waals surface area contributed by atoms with Crippen molar-refractivity contribution in [3.8, 4) is 0 Å². The molecule has 38 heavy (non-hydrogen) atoms. The lowest BCUT2D eigenvalue weighted by molar-refractivity contribution is 0.0515. The maximum Gasteiger partial charge on any atom is 0.231 e. The Labute approximate surface area is 239 Å². The molecule has 1 saturated heterocycles. The monoisotopic (exact) mass is 582 g/mol. The third-order valence-corrected chi connectivity index (χ3v) is 8.00. The summed E-state index contributed by atoms with van der Waals surface area (Å²) in [4.78, 5) is 26.4. The first-order valence-electron chi connectivity index (χ1n) is 11.8. The van der Waals surface area contributed by atoms with Crippen molar-refractivity contribution in [1.82, 2.24) is 35.2 Å². The first-order valence-corrected chi connectivity index (χ1v) is 14.2. The van der Waals surface area contributed by atoms with Crippen molar-refractivity contribution in [2.24, 2.45) is 0 Å². The molecular weight excluding hydrogens is 560 g/mol. The minimum atomic E-state index is -0.122. The van der Waals surface area contributed by atoms with Gasteiger partial charge in [0.1, 0.15) is 10.1 Å². The van der Waals surface area contributed by atoms with Crippen LogP contribution in [-0.4, -0.2) is 54.8 Å². The molecular formula is C25H23ClN8OS3. The van der Waals surface area contributed by atoms with Crippen molar-refractivity contribution >= 4 is 58.4 Å². The molecule has 0 aliphatic carbocycles. The van der Waals surface area contributed by atoms with Crippen molar-refractivity contribution in [1.29, 1.82) is 0 Å². The second-order valence-electron chi connectivity index (χ2n) is 8.34. The molecule has 1 aliphatic rings. The summed E-state index contributed by atoms with van der Waals surface area (Å²) in [5, 5.41) is 10.2. The number of ether oxygens (including phenoxy) is 1. The SMILES string of the molecule is S=C(NCC1(c2ccc(Cl)cc2)CCOCC1)Nc1nc(Sc2ncccn2)cc(Sc2ncccn2)n1. The fraction of sp³-hybridized carbons (Fsp3) is 0.240. The molecule has 5 rings (SSSR count). The van der Waals surface area contributed by atoms with E-state index >= 15 is 0 Å². The van der Waals surface area contributed by atoms with Gasteiger partial charge in [0.25, 0.3) is 0 Å². The number of halogens is 1. The maximum absolute atomic E-state index is 6.14. The quantitative estimate of drug-likeness (QED) is 0.165. The first-order chi connectivity index (χ1) is 18.6. The molecule has 1 aliphatic heterocycles. The highest BCUT2D eigenvalue weighted by molar-refractivity contribution is 7.99. The molecule has 0 amide bonds. The molecule has 3 aromatic heterocycles. The molecule has 2 N–H and O–H groups in total. The lowest BCUT2D eigenvalue weighted by atomic mass is 9.74. The van der Waals surface area contributed by atoms with E-state index in [0.717, 1.165) is 12.8 Å². The topological polar surface area (TPSA) is 111 Å². The lowest BCUT2D eigenvalue weighted by Gasteiger charge is -2.38. The van der Waals surface area contributed by atoms with E-state index in [1.54, 1.807) is 36.9 Å². The van der Waals surface area contributed by atoms with Gasteiger partial charge in [-0.25, -0.2) is 29.9 Å². The van der Waals surface area contributed by atoms with E-state index < -0.39 is 0 Å². The fourth-order valence-electron chi connectivity index (χ4n) is 3.96. The summed E-state index contributed by atoms with van der Waals surface area (Å²) in [6.45, 7) is 2.02. The summed E-state index contributed by atoms with van der Waals surface area (Å²) >= 11 is 14.5. The predicted molar refractivity (Wildman–Crippen MR) is 152 cm³/mol. The van der Waals surface area contributed by atoms with Crippen molar-refractivity contribution in [2.45, 2.75) is 38.6 Å². The average Bonchev–Trinajstić information content (AvgIpc) is 2.94. The molecule has 4 aromatic rings. The van der Waals surface area contributed by atoms with Crippen LogP contribution in [0.25, 0.3) is 0 Å². The molecule has 0 radical (unpaired) electrons. The van der Waals surface area contributed by atoms with Gasteiger partial charge >= 0.3 is 0 Å². The summed E-state index contributed by atoms with van der Waals surface area (Å²) in [5.74, 6) is 0.356. The zero-order valence-corrected chi connectivity index (χ0v) is 23.3. The minimum Gasteiger partial charge on any atom is -0.381 e. The van der Waals surface area contributed by atoms with Gasteiger partial charge in [-0.2, -0.15) is 0 Å². The first kappa shape index (κ1) is 26.7. The molecule has 194 valence electrons. The van der Waals surface area contributed by atoms with Crippen molar-refractivity contribution < 1.29 is 4.74 Å². The number of nitrogens with one attached hydrogen (secondary N) is 2. The van der Waals surface area contributed by atoms with Crippen LogP contribution in [-0.2, 0) is 10.2 Å². The number of aromatic nitrogens is 6. The summed E-state index contributed by atoms with van der Waals surface area (Å²) in [7, 11) is 0. The van der Waals surface area contributed by atoms with Gasteiger partial charge in [0.2, 0.25) is 5.95 Å². The molecule has 1 fully saturated rings. The van der Waals surface area contributed by atoms with Crippen LogP contribution in [0.1, 0.15) is 18.4 Å². The summed E-state index contributed by atoms with van der Waals surface area (Å²) < 4.78 is 5.65. The van der Waals surface area contributed by atoms with Gasteiger partial charge in [0.05, 0.1) is 0 Å². The van der Waals surface area contributed by atoms with E-state index in [-0.39, 0.29) is 5.41 Å². The molecule has 0 spiro atoms. The van der Waals surface area contributed by atoms with Crippen LogP contribution in [0.3, 0.4) is 0 Å². The zero-order valence-electron chi connectivity index (χ0n) is 20.1. The van der Waals surface area contributed by atoms with Gasteiger partial charge in [-0.05, 0) is 78.4 Å². The Kier molecular flexibility index (Phi) is 8.97. The fourth-order valence-corrected chi connectivity index (χ4v) is 5.75. The van der Waals surface area contributed by atoms with Gasteiger partial charge in [0, 0.05) is 61.0 Å². The Balaban J connectivity index is 1.32. The predicted octanol–water partition coefficient (Wildman–Crippen LogP) is 5.05. The summed E-state index contributed by atoms with van der Waals surface area (Å²) in [5.41, 5.74) is 1.09. The number of rotatable bonds is 8. The number of thiocarbonyl (C=S) groups is 1. The highest BCUT2D eigenvalue weighted by Gasteiger charge is 2.34. The van der Waals surface area contributed by atoms with E-state index in [1.165, 1.54) is 29.1 Å². The standard InChI is InChI=1S/C25H23ClN8OS3/c26-18-5-3-17(4-6-18)25(7-13-35-14-8-25)16-31-22(36)34-21-32-19(37-23-27-9-1-10-28-23)15-20(33-21)38-24-29-11-2-12-30-24/h1-6,9-12,15H,7-8,13-14,16H2,(H2,31,32,33,34,36). The van der Waals surface area contributed by atoms with E-state index in [4.69, 9.17) is 28.6 Å². The van der Waals surface area contributed by atoms with E-state index in [0.29, 0.717) is 56.2 Å². The van der Waals surface area contributed by atoms with Crippen molar-refractivity contribution in [3.63, 3.8) is 0 Å². The molecule has 0 unspecified atom stereocenters. The Morgan fingerprint density at radius 1 is 0.895 bits per heavy atom. The average molecular weight is 583 g/mol. The number of hydrogen-bond donors (Lipinski definition) is 2. The van der Waals surface area contributed by atoms with Crippen molar-refractivity contribution in [3.05, 3.63) is 77.8 Å². The smallest absolute Gasteiger partial charge is 0.231 e. The van der Waals surface area contributed by atoms with Crippen LogP contribution in [0.2, 0.25) is 5.02 Å². The molecule has 9 nitrogen and oxygen atoms in total. The molecule has 0 atom stereocenters. The molecule has 13 heteroatoms. The normalized spacial score (nSPS) is 14.6. The highest BCUT2D eigenvalue weighted by atomic mass is 35.5. The molecule has 1 aromatic carbocycles. The Bertz CT molecular complexity index is 1300. The second-order valence-corrected chi connectivity index (χ2v) is 11.2. The molecule has 4 heterocycles. The van der Waals surface area contributed by atoms with Gasteiger partial charge in [0.15, 0.2) is 15.4 Å². The summed E-state index contributed by atoms with van der Waals surface area (Å²) in [6, 6.07) is 13.4. The molecule has 0 saturated carbocycles.